The molecule has 0 unspecified atom stereocenters. The number of aromatic nitrogens is 2. The summed E-state index contributed by atoms with van der Waals surface area (Å²) in [5, 5.41) is 2.07. The molecule has 0 aliphatic heterocycles. The average Bonchev–Trinajstić information content (AvgIpc) is 3.05. The molecule has 0 aliphatic carbocycles. The molecule has 8 heteroatoms. The van der Waals surface area contributed by atoms with E-state index in [1.807, 2.05) is 53.2 Å². The first-order valence-corrected chi connectivity index (χ1v) is 11.5. The summed E-state index contributed by atoms with van der Waals surface area (Å²) < 4.78 is 33.1. The maximum Gasteiger partial charge on any atom is 0.229 e. The number of ether oxygens (including phenoxy) is 1. The van der Waals surface area contributed by atoms with E-state index in [4.69, 9.17) is 9.72 Å². The van der Waals surface area contributed by atoms with E-state index in [9.17, 15) is 8.42 Å². The second kappa shape index (κ2) is 7.17. The van der Waals surface area contributed by atoms with E-state index in [2.05, 4.69) is 16.2 Å². The Kier molecular flexibility index (Phi) is 4.44. The van der Waals surface area contributed by atoms with Gasteiger partial charge in [-0.15, -0.1) is 0 Å². The van der Waals surface area contributed by atoms with Crippen molar-refractivity contribution in [2.45, 2.75) is 0 Å². The summed E-state index contributed by atoms with van der Waals surface area (Å²) >= 11 is 0. The van der Waals surface area contributed by atoms with Gasteiger partial charge in [0.2, 0.25) is 10.0 Å². The number of pyridine rings is 1. The fourth-order valence-corrected chi connectivity index (χ4v) is 4.33. The monoisotopic (exact) mass is 432 g/mol. The third-order valence-electron chi connectivity index (χ3n) is 5.08. The fourth-order valence-electron chi connectivity index (χ4n) is 3.77. The van der Waals surface area contributed by atoms with Crippen molar-refractivity contribution in [3.8, 4) is 5.75 Å². The summed E-state index contributed by atoms with van der Waals surface area (Å²) in [7, 11) is -1.84. The Hall–Kier alpha value is -3.78. The van der Waals surface area contributed by atoms with Gasteiger partial charge in [-0.25, -0.2) is 13.4 Å². The van der Waals surface area contributed by atoms with Crippen LogP contribution in [0.1, 0.15) is 0 Å². The van der Waals surface area contributed by atoms with Gasteiger partial charge in [0, 0.05) is 16.8 Å². The number of para-hydroxylation sites is 2. The van der Waals surface area contributed by atoms with Crippen molar-refractivity contribution in [3.05, 3.63) is 72.8 Å². The molecule has 0 radical (unpaired) electrons. The molecule has 0 saturated carbocycles. The molecule has 0 atom stereocenters. The molecule has 2 aromatic heterocycles. The second-order valence-electron chi connectivity index (χ2n) is 7.30. The lowest BCUT2D eigenvalue weighted by Crippen LogP contribution is -2.12. The normalized spacial score (nSPS) is 11.8. The van der Waals surface area contributed by atoms with E-state index in [1.165, 1.54) is 0 Å². The van der Waals surface area contributed by atoms with Crippen LogP contribution in [0.3, 0.4) is 0 Å². The highest BCUT2D eigenvalue weighted by Crippen LogP contribution is 2.33. The Morgan fingerprint density at radius 1 is 0.935 bits per heavy atom. The maximum atomic E-state index is 11.6. The van der Waals surface area contributed by atoms with Crippen LogP contribution >= 0.6 is 0 Å². The molecule has 2 heterocycles. The summed E-state index contributed by atoms with van der Waals surface area (Å²) in [5.74, 6) is 0.508. The van der Waals surface area contributed by atoms with Crippen molar-refractivity contribution in [3.63, 3.8) is 0 Å². The molecule has 2 N–H and O–H groups in total. The molecule has 7 nitrogen and oxygen atoms in total. The van der Waals surface area contributed by atoms with Gasteiger partial charge in [0.05, 0.1) is 46.8 Å². The van der Waals surface area contributed by atoms with Crippen molar-refractivity contribution in [1.82, 2.24) is 9.66 Å². The zero-order chi connectivity index (χ0) is 21.6. The van der Waals surface area contributed by atoms with Gasteiger partial charge < -0.3 is 4.74 Å². The van der Waals surface area contributed by atoms with Gasteiger partial charge in [-0.3, -0.25) is 14.8 Å². The highest BCUT2D eigenvalue weighted by atomic mass is 32.2. The van der Waals surface area contributed by atoms with E-state index < -0.39 is 10.0 Å². The fraction of sp³-hybridized carbons (Fsp3) is 0.0870. The number of methoxy groups -OCH3 is 1. The average molecular weight is 433 g/mol. The summed E-state index contributed by atoms with van der Waals surface area (Å²) in [6, 6.07) is 23.3. The van der Waals surface area contributed by atoms with Crippen molar-refractivity contribution >= 4 is 54.2 Å². The zero-order valence-electron chi connectivity index (χ0n) is 17.0. The number of sulfonamides is 1. The van der Waals surface area contributed by atoms with Gasteiger partial charge in [-0.05, 0) is 30.3 Å². The standard InChI is InChI=1S/C23H20N4O3S/c1-30-22-14-16(26-31(2,28)29)11-12-19(22)25-27-20-10-6-4-8-17(20)23-21(27)13-15-7-3-5-9-18(15)24-23/h3-14,25-26H,1-2H3. The number of anilines is 2. The third-order valence-corrected chi connectivity index (χ3v) is 5.69. The molecule has 0 spiro atoms. The number of nitrogens with one attached hydrogen (secondary N) is 2. The maximum absolute atomic E-state index is 11.6. The van der Waals surface area contributed by atoms with Crippen LogP contribution < -0.4 is 14.9 Å². The molecule has 0 bridgehead atoms. The van der Waals surface area contributed by atoms with Crippen molar-refractivity contribution in [1.29, 1.82) is 0 Å². The predicted molar refractivity (Wildman–Crippen MR) is 125 cm³/mol. The molecular formula is C23H20N4O3S. The third kappa shape index (κ3) is 3.51. The van der Waals surface area contributed by atoms with E-state index in [-0.39, 0.29) is 0 Å². The van der Waals surface area contributed by atoms with Crippen LogP contribution in [0.5, 0.6) is 5.75 Å². The first kappa shape index (κ1) is 19.2. The summed E-state index contributed by atoms with van der Waals surface area (Å²) in [6.45, 7) is 0. The predicted octanol–water partition coefficient (Wildman–Crippen LogP) is 4.60. The summed E-state index contributed by atoms with van der Waals surface area (Å²) in [5.41, 5.74) is 8.28. The number of rotatable bonds is 5. The van der Waals surface area contributed by atoms with E-state index in [0.29, 0.717) is 17.1 Å². The van der Waals surface area contributed by atoms with Gasteiger partial charge in [0.25, 0.3) is 0 Å². The van der Waals surface area contributed by atoms with Gasteiger partial charge in [0.1, 0.15) is 5.75 Å². The molecule has 156 valence electrons. The molecular weight excluding hydrogens is 412 g/mol. The zero-order valence-corrected chi connectivity index (χ0v) is 17.8. The highest BCUT2D eigenvalue weighted by molar-refractivity contribution is 7.92. The van der Waals surface area contributed by atoms with Crippen LogP contribution in [0, 0.1) is 0 Å². The van der Waals surface area contributed by atoms with Crippen molar-refractivity contribution in [2.24, 2.45) is 0 Å². The Labute approximate surface area is 179 Å². The Morgan fingerprint density at radius 2 is 1.71 bits per heavy atom. The SMILES string of the molecule is COc1cc(NS(C)(=O)=O)ccc1Nn1c2ccccc2c2nc3ccccc3cc21. The van der Waals surface area contributed by atoms with E-state index in [0.717, 1.165) is 39.1 Å². The molecule has 3 aromatic carbocycles. The van der Waals surface area contributed by atoms with Gasteiger partial charge in [-0.2, -0.15) is 0 Å². The van der Waals surface area contributed by atoms with Crippen molar-refractivity contribution in [2.75, 3.05) is 23.5 Å². The van der Waals surface area contributed by atoms with Crippen LogP contribution in [-0.2, 0) is 10.0 Å². The lowest BCUT2D eigenvalue weighted by atomic mass is 10.2. The molecule has 0 fully saturated rings. The molecule has 0 saturated heterocycles. The lowest BCUT2D eigenvalue weighted by molar-refractivity contribution is 0.416. The minimum Gasteiger partial charge on any atom is -0.494 e. The van der Waals surface area contributed by atoms with E-state index in [1.54, 1.807) is 25.3 Å². The summed E-state index contributed by atoms with van der Waals surface area (Å²) in [6.07, 6.45) is 1.11. The number of fused-ring (bicyclic) bond motifs is 4. The Morgan fingerprint density at radius 3 is 2.52 bits per heavy atom. The molecule has 31 heavy (non-hydrogen) atoms. The topological polar surface area (TPSA) is 85.2 Å². The first-order chi connectivity index (χ1) is 14.9. The van der Waals surface area contributed by atoms with E-state index >= 15 is 0 Å². The van der Waals surface area contributed by atoms with Gasteiger partial charge in [-0.1, -0.05) is 36.4 Å². The minimum atomic E-state index is -3.38. The van der Waals surface area contributed by atoms with Crippen LogP contribution in [0.4, 0.5) is 11.4 Å². The van der Waals surface area contributed by atoms with Crippen LogP contribution in [0.2, 0.25) is 0 Å². The Balaban J connectivity index is 1.69. The van der Waals surface area contributed by atoms with Gasteiger partial charge >= 0.3 is 0 Å². The first-order valence-electron chi connectivity index (χ1n) is 9.65. The number of hydrogen-bond donors (Lipinski definition) is 2. The van der Waals surface area contributed by atoms with Crippen LogP contribution in [0.25, 0.3) is 32.8 Å². The number of nitrogens with zero attached hydrogens (tertiary/aromatic N) is 2. The second-order valence-corrected chi connectivity index (χ2v) is 9.05. The Bertz CT molecular complexity index is 1560. The largest absolute Gasteiger partial charge is 0.494 e. The van der Waals surface area contributed by atoms with Crippen LogP contribution in [-0.4, -0.2) is 31.4 Å². The molecule has 0 aliphatic rings. The quantitative estimate of drug-likeness (QED) is 0.424. The minimum absolute atomic E-state index is 0.430. The highest BCUT2D eigenvalue weighted by Gasteiger charge is 2.15. The van der Waals surface area contributed by atoms with Crippen molar-refractivity contribution < 1.29 is 13.2 Å². The molecule has 0 amide bonds. The van der Waals surface area contributed by atoms with Gasteiger partial charge in [0.15, 0.2) is 0 Å². The lowest BCUT2D eigenvalue weighted by Gasteiger charge is -2.16. The smallest absolute Gasteiger partial charge is 0.229 e. The molecule has 5 aromatic rings. The summed E-state index contributed by atoms with van der Waals surface area (Å²) in [4.78, 5) is 4.90. The number of benzene rings is 3. The van der Waals surface area contributed by atoms with Crippen LogP contribution in [0.15, 0.2) is 72.8 Å². The number of hydrogen-bond acceptors (Lipinski definition) is 5. The molecule has 5 rings (SSSR count).